The highest BCUT2D eigenvalue weighted by molar-refractivity contribution is 5.95. The van der Waals surface area contributed by atoms with Gasteiger partial charge in [0, 0.05) is 44.0 Å². The first-order valence-corrected chi connectivity index (χ1v) is 8.13. The quantitative estimate of drug-likeness (QED) is 0.827. The minimum Gasteiger partial charge on any atom is -0.399 e. The van der Waals surface area contributed by atoms with Crippen LogP contribution in [-0.2, 0) is 6.42 Å². The Bertz CT molecular complexity index is 659. The first kappa shape index (κ1) is 21.3. The molecule has 1 amide bonds. The maximum atomic E-state index is 12.5. The molecule has 4 nitrogen and oxygen atoms in total. The second kappa shape index (κ2) is 10.3. The van der Waals surface area contributed by atoms with E-state index in [-0.39, 0.29) is 30.7 Å². The predicted molar refractivity (Wildman–Crippen MR) is 108 cm³/mol. The van der Waals surface area contributed by atoms with Crippen molar-refractivity contribution in [1.82, 2.24) is 9.80 Å². The molecule has 0 aliphatic carbocycles. The lowest BCUT2D eigenvalue weighted by Gasteiger charge is -2.34. The van der Waals surface area contributed by atoms with Gasteiger partial charge in [-0.25, -0.2) is 0 Å². The van der Waals surface area contributed by atoms with E-state index in [0.717, 1.165) is 39.1 Å². The van der Waals surface area contributed by atoms with Gasteiger partial charge in [0.15, 0.2) is 0 Å². The van der Waals surface area contributed by atoms with Crippen LogP contribution in [0.4, 0.5) is 5.69 Å². The third kappa shape index (κ3) is 5.92. The number of nitrogens with zero attached hydrogens (tertiary/aromatic N) is 2. The van der Waals surface area contributed by atoms with Gasteiger partial charge in [0.1, 0.15) is 0 Å². The molecule has 2 aromatic rings. The van der Waals surface area contributed by atoms with E-state index >= 15 is 0 Å². The molecule has 0 radical (unpaired) electrons. The molecule has 1 saturated heterocycles. The van der Waals surface area contributed by atoms with Crippen molar-refractivity contribution in [1.29, 1.82) is 0 Å². The number of halogens is 2. The summed E-state index contributed by atoms with van der Waals surface area (Å²) in [4.78, 5) is 16.8. The molecular formula is C19H25Cl2N3O. The van der Waals surface area contributed by atoms with Crippen LogP contribution in [0.15, 0.2) is 54.6 Å². The highest BCUT2D eigenvalue weighted by atomic mass is 35.5. The molecule has 2 aromatic carbocycles. The van der Waals surface area contributed by atoms with Gasteiger partial charge in [-0.05, 0) is 30.2 Å². The number of anilines is 1. The number of nitrogens with two attached hydrogens (primary N) is 1. The molecule has 0 saturated carbocycles. The first-order valence-electron chi connectivity index (χ1n) is 8.13. The summed E-state index contributed by atoms with van der Waals surface area (Å²) < 4.78 is 0. The van der Waals surface area contributed by atoms with Crippen LogP contribution in [0.25, 0.3) is 0 Å². The molecule has 1 aliphatic rings. The van der Waals surface area contributed by atoms with Gasteiger partial charge in [0.25, 0.3) is 5.91 Å². The lowest BCUT2D eigenvalue weighted by Crippen LogP contribution is -2.49. The van der Waals surface area contributed by atoms with Gasteiger partial charge >= 0.3 is 0 Å². The molecule has 1 fully saturated rings. The zero-order valence-electron chi connectivity index (χ0n) is 14.1. The topological polar surface area (TPSA) is 49.6 Å². The molecular weight excluding hydrogens is 357 g/mol. The maximum absolute atomic E-state index is 12.5. The Balaban J connectivity index is 0.00000156. The monoisotopic (exact) mass is 381 g/mol. The Morgan fingerprint density at radius 1 is 0.920 bits per heavy atom. The lowest BCUT2D eigenvalue weighted by atomic mass is 10.1. The van der Waals surface area contributed by atoms with Crippen LogP contribution in [0.2, 0.25) is 0 Å². The highest BCUT2D eigenvalue weighted by Gasteiger charge is 2.21. The van der Waals surface area contributed by atoms with Crippen molar-refractivity contribution in [3.63, 3.8) is 0 Å². The Kier molecular flexibility index (Phi) is 8.76. The summed E-state index contributed by atoms with van der Waals surface area (Å²) >= 11 is 0. The van der Waals surface area contributed by atoms with Crippen molar-refractivity contribution < 1.29 is 4.79 Å². The van der Waals surface area contributed by atoms with Crippen molar-refractivity contribution in [2.75, 3.05) is 38.5 Å². The molecule has 2 N–H and O–H groups in total. The summed E-state index contributed by atoms with van der Waals surface area (Å²) in [6.45, 7) is 4.47. The fraction of sp³-hybridized carbons (Fsp3) is 0.316. The van der Waals surface area contributed by atoms with E-state index in [2.05, 4.69) is 29.2 Å². The highest BCUT2D eigenvalue weighted by Crippen LogP contribution is 2.12. The number of piperazine rings is 1. The van der Waals surface area contributed by atoms with Gasteiger partial charge < -0.3 is 10.6 Å². The number of carbonyl (C=O) groups is 1. The molecule has 0 atom stereocenters. The molecule has 0 unspecified atom stereocenters. The van der Waals surface area contributed by atoms with Crippen LogP contribution in [0.3, 0.4) is 0 Å². The van der Waals surface area contributed by atoms with Crippen LogP contribution < -0.4 is 5.73 Å². The van der Waals surface area contributed by atoms with E-state index < -0.39 is 0 Å². The number of carbonyl (C=O) groups excluding carboxylic acids is 1. The molecule has 6 heteroatoms. The van der Waals surface area contributed by atoms with E-state index in [4.69, 9.17) is 5.73 Å². The SMILES string of the molecule is Cl.Cl.Nc1cccc(C(=O)N2CCN(CCc3ccccc3)CC2)c1. The molecule has 0 bridgehead atoms. The number of benzene rings is 2. The summed E-state index contributed by atoms with van der Waals surface area (Å²) in [5.74, 6) is 0.0833. The number of nitrogen functional groups attached to an aromatic ring is 1. The van der Waals surface area contributed by atoms with E-state index in [9.17, 15) is 4.79 Å². The van der Waals surface area contributed by atoms with Gasteiger partial charge in [-0.3, -0.25) is 9.69 Å². The Morgan fingerprint density at radius 3 is 2.24 bits per heavy atom. The lowest BCUT2D eigenvalue weighted by molar-refractivity contribution is 0.0638. The van der Waals surface area contributed by atoms with Crippen molar-refractivity contribution in [2.45, 2.75) is 6.42 Å². The molecule has 3 rings (SSSR count). The Hall–Kier alpha value is -1.75. The smallest absolute Gasteiger partial charge is 0.254 e. The van der Waals surface area contributed by atoms with Gasteiger partial charge in [0.05, 0.1) is 0 Å². The van der Waals surface area contributed by atoms with Crippen LogP contribution in [-0.4, -0.2) is 48.4 Å². The number of amides is 1. The van der Waals surface area contributed by atoms with Crippen LogP contribution in [0.1, 0.15) is 15.9 Å². The summed E-state index contributed by atoms with van der Waals surface area (Å²) in [5.41, 5.74) is 8.45. The van der Waals surface area contributed by atoms with Crippen LogP contribution in [0.5, 0.6) is 0 Å². The van der Waals surface area contributed by atoms with Crippen LogP contribution in [0, 0.1) is 0 Å². The van der Waals surface area contributed by atoms with E-state index in [1.807, 2.05) is 23.1 Å². The number of hydrogen-bond donors (Lipinski definition) is 1. The summed E-state index contributed by atoms with van der Waals surface area (Å²) in [6.07, 6.45) is 1.06. The second-order valence-electron chi connectivity index (χ2n) is 5.99. The van der Waals surface area contributed by atoms with Crippen molar-refractivity contribution in [2.24, 2.45) is 0 Å². The molecule has 1 aliphatic heterocycles. The van der Waals surface area contributed by atoms with Crippen molar-refractivity contribution in [3.8, 4) is 0 Å². The van der Waals surface area contributed by atoms with Crippen LogP contribution >= 0.6 is 24.8 Å². The minimum absolute atomic E-state index is 0. The molecule has 136 valence electrons. The fourth-order valence-electron chi connectivity index (χ4n) is 2.96. The minimum atomic E-state index is 0. The average Bonchev–Trinajstić information content (AvgIpc) is 2.61. The van der Waals surface area contributed by atoms with Crippen molar-refractivity contribution in [3.05, 3.63) is 65.7 Å². The van der Waals surface area contributed by atoms with Gasteiger partial charge in [-0.15, -0.1) is 24.8 Å². The van der Waals surface area contributed by atoms with Gasteiger partial charge in [-0.1, -0.05) is 36.4 Å². The third-order valence-corrected chi connectivity index (χ3v) is 4.35. The Labute approximate surface area is 161 Å². The standard InChI is InChI=1S/C19H23N3O.2ClH/c20-18-8-4-7-17(15-18)19(23)22-13-11-21(12-14-22)10-9-16-5-2-1-3-6-16;;/h1-8,15H,9-14,20H2;2*1H. The molecule has 0 spiro atoms. The van der Waals surface area contributed by atoms with Gasteiger partial charge in [-0.2, -0.15) is 0 Å². The maximum Gasteiger partial charge on any atom is 0.254 e. The van der Waals surface area contributed by atoms with E-state index in [1.165, 1.54) is 5.56 Å². The molecule has 0 aromatic heterocycles. The summed E-state index contributed by atoms with van der Waals surface area (Å²) in [7, 11) is 0. The van der Waals surface area contributed by atoms with E-state index in [0.29, 0.717) is 11.3 Å². The fourth-order valence-corrected chi connectivity index (χ4v) is 2.96. The van der Waals surface area contributed by atoms with E-state index in [1.54, 1.807) is 12.1 Å². The number of rotatable bonds is 4. The zero-order valence-corrected chi connectivity index (χ0v) is 15.8. The Morgan fingerprint density at radius 2 is 1.60 bits per heavy atom. The van der Waals surface area contributed by atoms with Crippen molar-refractivity contribution >= 4 is 36.4 Å². The zero-order chi connectivity index (χ0) is 16.1. The largest absolute Gasteiger partial charge is 0.399 e. The first-order chi connectivity index (χ1) is 11.2. The second-order valence-corrected chi connectivity index (χ2v) is 5.99. The average molecular weight is 382 g/mol. The summed E-state index contributed by atoms with van der Waals surface area (Å²) in [6, 6.07) is 17.8. The predicted octanol–water partition coefficient (Wildman–Crippen LogP) is 3.11. The number of hydrogen-bond acceptors (Lipinski definition) is 3. The third-order valence-electron chi connectivity index (χ3n) is 4.35. The molecule has 25 heavy (non-hydrogen) atoms. The summed E-state index contributed by atoms with van der Waals surface area (Å²) in [5, 5.41) is 0. The van der Waals surface area contributed by atoms with Gasteiger partial charge in [0.2, 0.25) is 0 Å². The molecule has 1 heterocycles. The normalized spacial score (nSPS) is 14.3.